The fourth-order valence-corrected chi connectivity index (χ4v) is 3.82. The molecule has 4 aromatic rings. The molecule has 0 bridgehead atoms. The number of ketones is 2. The molecule has 6 heteroatoms. The summed E-state index contributed by atoms with van der Waals surface area (Å²) in [7, 11) is 0. The van der Waals surface area contributed by atoms with E-state index in [1.807, 2.05) is 0 Å². The molecule has 0 aromatic heterocycles. The van der Waals surface area contributed by atoms with Crippen LogP contribution in [-0.2, 0) is 9.59 Å². The van der Waals surface area contributed by atoms with Gasteiger partial charge in [-0.3, -0.25) is 19.2 Å². The van der Waals surface area contributed by atoms with Crippen molar-refractivity contribution in [2.45, 2.75) is 12.1 Å². The van der Waals surface area contributed by atoms with E-state index in [0.717, 1.165) is 0 Å². The molecular formula is C30H24N2O4. The zero-order valence-electron chi connectivity index (χ0n) is 19.3. The van der Waals surface area contributed by atoms with E-state index in [0.29, 0.717) is 22.3 Å². The third kappa shape index (κ3) is 5.80. The molecular weight excluding hydrogens is 452 g/mol. The Morgan fingerprint density at radius 1 is 0.417 bits per heavy atom. The summed E-state index contributed by atoms with van der Waals surface area (Å²) in [6, 6.07) is 32.3. The Balaban J connectivity index is 1.58. The van der Waals surface area contributed by atoms with E-state index >= 15 is 0 Å². The largest absolute Gasteiger partial charge is 0.334 e. The van der Waals surface area contributed by atoms with Crippen molar-refractivity contribution >= 4 is 23.4 Å². The van der Waals surface area contributed by atoms with Crippen molar-refractivity contribution in [3.63, 3.8) is 0 Å². The predicted molar refractivity (Wildman–Crippen MR) is 136 cm³/mol. The van der Waals surface area contributed by atoms with E-state index < -0.39 is 23.9 Å². The molecule has 2 unspecified atom stereocenters. The zero-order valence-corrected chi connectivity index (χ0v) is 19.3. The second-order valence-electron chi connectivity index (χ2n) is 8.09. The van der Waals surface area contributed by atoms with Crippen molar-refractivity contribution in [1.82, 2.24) is 10.6 Å². The molecule has 4 rings (SSSR count). The number of Topliss-reactive ketones (excluding diaryl/α,β-unsaturated/α-hetero) is 2. The van der Waals surface area contributed by atoms with Crippen molar-refractivity contribution < 1.29 is 19.2 Å². The van der Waals surface area contributed by atoms with Crippen LogP contribution < -0.4 is 10.6 Å². The van der Waals surface area contributed by atoms with E-state index in [2.05, 4.69) is 10.6 Å². The summed E-state index contributed by atoms with van der Waals surface area (Å²) in [5.74, 6) is -2.75. The second-order valence-corrected chi connectivity index (χ2v) is 8.09. The molecule has 0 aliphatic carbocycles. The van der Waals surface area contributed by atoms with Crippen LogP contribution in [0.5, 0.6) is 0 Å². The molecule has 0 saturated heterocycles. The summed E-state index contributed by atoms with van der Waals surface area (Å²) in [6.07, 6.45) is 0. The molecule has 0 heterocycles. The van der Waals surface area contributed by atoms with Gasteiger partial charge in [-0.25, -0.2) is 0 Å². The maximum atomic E-state index is 13.2. The lowest BCUT2D eigenvalue weighted by Crippen LogP contribution is -2.46. The van der Waals surface area contributed by atoms with Gasteiger partial charge in [-0.2, -0.15) is 0 Å². The molecule has 4 aromatic carbocycles. The first kappa shape index (κ1) is 24.3. The molecule has 2 amide bonds. The zero-order chi connectivity index (χ0) is 25.3. The maximum absolute atomic E-state index is 13.2. The maximum Gasteiger partial charge on any atom is 0.310 e. The number of rotatable bonds is 8. The monoisotopic (exact) mass is 476 g/mol. The fourth-order valence-electron chi connectivity index (χ4n) is 3.82. The summed E-state index contributed by atoms with van der Waals surface area (Å²) >= 11 is 0. The minimum absolute atomic E-state index is 0.358. The molecule has 0 aliphatic heterocycles. The molecule has 2 atom stereocenters. The third-order valence-corrected chi connectivity index (χ3v) is 5.66. The Morgan fingerprint density at radius 3 is 1.00 bits per heavy atom. The third-order valence-electron chi connectivity index (χ3n) is 5.66. The van der Waals surface area contributed by atoms with Crippen LogP contribution in [0.4, 0.5) is 0 Å². The number of hydrogen-bond acceptors (Lipinski definition) is 4. The van der Waals surface area contributed by atoms with Gasteiger partial charge in [-0.1, -0.05) is 121 Å². The van der Waals surface area contributed by atoms with Gasteiger partial charge >= 0.3 is 11.8 Å². The lowest BCUT2D eigenvalue weighted by atomic mass is 9.96. The normalized spacial score (nSPS) is 12.1. The highest BCUT2D eigenvalue weighted by Crippen LogP contribution is 2.20. The van der Waals surface area contributed by atoms with E-state index in [9.17, 15) is 19.2 Å². The van der Waals surface area contributed by atoms with E-state index in [-0.39, 0.29) is 11.6 Å². The molecule has 0 radical (unpaired) electrons. The summed E-state index contributed by atoms with van der Waals surface area (Å²) < 4.78 is 0. The fraction of sp³-hybridized carbons (Fsp3) is 0.0667. The standard InChI is InChI=1S/C30H24N2O4/c33-27(23-17-9-3-10-18-23)25(21-13-5-1-6-14-21)31-29(35)30(36)32-26(22-15-7-2-8-16-22)28(34)24-19-11-4-12-20-24/h1-20,25-26H,(H,31,35)(H,32,36). The minimum Gasteiger partial charge on any atom is -0.334 e. The highest BCUT2D eigenvalue weighted by molar-refractivity contribution is 6.36. The van der Waals surface area contributed by atoms with Gasteiger partial charge in [0.1, 0.15) is 12.1 Å². The highest BCUT2D eigenvalue weighted by Gasteiger charge is 2.30. The van der Waals surface area contributed by atoms with Gasteiger partial charge in [0.2, 0.25) is 0 Å². The number of carbonyl (C=O) groups is 4. The summed E-state index contributed by atoms with van der Waals surface area (Å²) in [4.78, 5) is 52.5. The smallest absolute Gasteiger partial charge is 0.310 e. The van der Waals surface area contributed by atoms with Crippen LogP contribution in [0.1, 0.15) is 43.9 Å². The van der Waals surface area contributed by atoms with Crippen LogP contribution >= 0.6 is 0 Å². The molecule has 36 heavy (non-hydrogen) atoms. The quantitative estimate of drug-likeness (QED) is 0.290. The lowest BCUT2D eigenvalue weighted by Gasteiger charge is -2.21. The van der Waals surface area contributed by atoms with Crippen molar-refractivity contribution in [2.24, 2.45) is 0 Å². The number of amides is 2. The van der Waals surface area contributed by atoms with E-state index in [4.69, 9.17) is 0 Å². The van der Waals surface area contributed by atoms with Gasteiger partial charge in [0.25, 0.3) is 0 Å². The van der Waals surface area contributed by atoms with Gasteiger partial charge in [0.15, 0.2) is 11.6 Å². The number of hydrogen-bond donors (Lipinski definition) is 2. The number of carbonyl (C=O) groups excluding carboxylic acids is 4. The molecule has 0 fully saturated rings. The lowest BCUT2D eigenvalue weighted by molar-refractivity contribution is -0.139. The molecule has 0 spiro atoms. The summed E-state index contributed by atoms with van der Waals surface area (Å²) in [6.45, 7) is 0. The highest BCUT2D eigenvalue weighted by atomic mass is 16.2. The molecule has 0 saturated carbocycles. The average molecular weight is 477 g/mol. The van der Waals surface area contributed by atoms with Crippen molar-refractivity contribution in [3.8, 4) is 0 Å². The van der Waals surface area contributed by atoms with E-state index in [1.165, 1.54) is 0 Å². The van der Waals surface area contributed by atoms with E-state index in [1.54, 1.807) is 121 Å². The van der Waals surface area contributed by atoms with Crippen molar-refractivity contribution in [1.29, 1.82) is 0 Å². The summed E-state index contributed by atoms with van der Waals surface area (Å²) in [5.41, 5.74) is 1.86. The Bertz CT molecular complexity index is 1230. The van der Waals surface area contributed by atoms with Gasteiger partial charge in [0.05, 0.1) is 0 Å². The molecule has 0 aliphatic rings. The SMILES string of the molecule is O=C(NC(C(=O)c1ccccc1)c1ccccc1)C(=O)NC(C(=O)c1ccccc1)c1ccccc1. The first-order valence-electron chi connectivity index (χ1n) is 11.4. The van der Waals surface area contributed by atoms with Gasteiger partial charge in [-0.15, -0.1) is 0 Å². The Kier molecular flexibility index (Phi) is 7.78. The van der Waals surface area contributed by atoms with Crippen LogP contribution in [0.15, 0.2) is 121 Å². The molecule has 6 nitrogen and oxygen atoms in total. The first-order valence-corrected chi connectivity index (χ1v) is 11.4. The summed E-state index contributed by atoms with van der Waals surface area (Å²) in [5, 5.41) is 5.11. The van der Waals surface area contributed by atoms with Crippen molar-refractivity contribution in [3.05, 3.63) is 144 Å². The van der Waals surface area contributed by atoms with Crippen LogP contribution in [0.2, 0.25) is 0 Å². The predicted octanol–water partition coefficient (Wildman–Crippen LogP) is 4.47. The first-order chi connectivity index (χ1) is 17.5. The molecule has 178 valence electrons. The molecule has 2 N–H and O–H groups in total. The topological polar surface area (TPSA) is 92.3 Å². The average Bonchev–Trinajstić information content (AvgIpc) is 2.95. The second kappa shape index (κ2) is 11.5. The van der Waals surface area contributed by atoms with Crippen LogP contribution in [0, 0.1) is 0 Å². The van der Waals surface area contributed by atoms with Crippen LogP contribution in [0.3, 0.4) is 0 Å². The van der Waals surface area contributed by atoms with Crippen molar-refractivity contribution in [2.75, 3.05) is 0 Å². The Hall–Kier alpha value is -4.84. The number of nitrogens with one attached hydrogen (secondary N) is 2. The minimum atomic E-state index is -1.08. The van der Waals surface area contributed by atoms with Crippen LogP contribution in [0.25, 0.3) is 0 Å². The van der Waals surface area contributed by atoms with Gasteiger partial charge < -0.3 is 10.6 Å². The van der Waals surface area contributed by atoms with Crippen LogP contribution in [-0.4, -0.2) is 23.4 Å². The van der Waals surface area contributed by atoms with Gasteiger partial charge in [0, 0.05) is 11.1 Å². The Morgan fingerprint density at radius 2 is 0.694 bits per heavy atom. The Labute approximate surface area is 209 Å². The number of benzene rings is 4. The van der Waals surface area contributed by atoms with Gasteiger partial charge in [-0.05, 0) is 11.1 Å².